The Morgan fingerprint density at radius 2 is 2.24 bits per heavy atom. The second-order valence-electron chi connectivity index (χ2n) is 4.07. The monoisotopic (exact) mass is 250 g/mol. The zero-order valence-electron chi connectivity index (χ0n) is 9.88. The van der Waals surface area contributed by atoms with Crippen LogP contribution in [0.5, 0.6) is 0 Å². The molecule has 0 bridgehead atoms. The van der Waals surface area contributed by atoms with Gasteiger partial charge >= 0.3 is 7.05 Å². The van der Waals surface area contributed by atoms with Crippen LogP contribution in [0.25, 0.3) is 0 Å². The van der Waals surface area contributed by atoms with Crippen LogP contribution >= 0.6 is 11.8 Å². The molecule has 0 aliphatic carbocycles. The number of likely N-dealkylation sites (N-methyl/N-ethyl adjacent to an activating group) is 1. The van der Waals surface area contributed by atoms with E-state index in [4.69, 9.17) is 0 Å². The summed E-state index contributed by atoms with van der Waals surface area (Å²) in [6.07, 6.45) is 0. The van der Waals surface area contributed by atoms with Crippen LogP contribution in [0, 0.1) is 0 Å². The number of fused-ring (bicyclic) bond motifs is 1. The third kappa shape index (κ3) is 2.65. The number of hydrogen-bond acceptors (Lipinski definition) is 4. The predicted octanol–water partition coefficient (Wildman–Crippen LogP) is 0.824. The van der Waals surface area contributed by atoms with Crippen LogP contribution in [-0.4, -0.2) is 36.8 Å². The van der Waals surface area contributed by atoms with Crippen LogP contribution in [-0.2, 0) is 4.79 Å². The minimum Gasteiger partial charge on any atom is -0.437 e. The van der Waals surface area contributed by atoms with Gasteiger partial charge < -0.3 is 15.2 Å². The van der Waals surface area contributed by atoms with Gasteiger partial charge in [-0.3, -0.25) is 4.79 Å². The molecule has 0 saturated heterocycles. The van der Waals surface area contributed by atoms with Crippen LogP contribution in [0.1, 0.15) is 0 Å². The first-order valence-corrected chi connectivity index (χ1v) is 6.51. The number of anilines is 1. The van der Waals surface area contributed by atoms with Gasteiger partial charge in [-0.2, -0.15) is 0 Å². The second kappa shape index (κ2) is 5.12. The number of carbonyl (C=O) groups excluding carboxylic acids is 1. The van der Waals surface area contributed by atoms with Crippen molar-refractivity contribution < 1.29 is 9.82 Å². The van der Waals surface area contributed by atoms with E-state index in [1.54, 1.807) is 30.5 Å². The summed E-state index contributed by atoms with van der Waals surface area (Å²) < 4.78 is 0. The van der Waals surface area contributed by atoms with E-state index in [0.717, 1.165) is 10.6 Å². The highest BCUT2D eigenvalue weighted by atomic mass is 32.2. The molecule has 6 heteroatoms. The molecule has 1 aromatic rings. The fourth-order valence-corrected chi connectivity index (χ4v) is 2.98. The number of thioether (sulfide) groups is 1. The van der Waals surface area contributed by atoms with Gasteiger partial charge in [0, 0.05) is 17.7 Å². The number of nitrogens with zero attached hydrogens (tertiary/aromatic N) is 1. The van der Waals surface area contributed by atoms with Crippen molar-refractivity contribution in [2.24, 2.45) is 0 Å². The lowest BCUT2D eigenvalue weighted by Gasteiger charge is -2.21. The van der Waals surface area contributed by atoms with Crippen molar-refractivity contribution in [3.63, 3.8) is 0 Å². The van der Waals surface area contributed by atoms with Gasteiger partial charge in [-0.1, -0.05) is 12.1 Å². The maximum Gasteiger partial charge on any atom is 0.374 e. The van der Waals surface area contributed by atoms with Gasteiger partial charge in [0.1, 0.15) is 0 Å². The molecule has 0 spiro atoms. The summed E-state index contributed by atoms with van der Waals surface area (Å²) in [5, 5.41) is 12.2. The van der Waals surface area contributed by atoms with Crippen LogP contribution in [0.3, 0.4) is 0 Å². The van der Waals surface area contributed by atoms with Crippen molar-refractivity contribution >= 4 is 30.4 Å². The van der Waals surface area contributed by atoms with Gasteiger partial charge in [0.05, 0.1) is 11.7 Å². The lowest BCUT2D eigenvalue weighted by atomic mass is 9.87. The number of hydrogen-bond donors (Lipinski definition) is 2. The highest BCUT2D eigenvalue weighted by Crippen LogP contribution is 2.33. The average molecular weight is 250 g/mol. The third-order valence-electron chi connectivity index (χ3n) is 2.70. The normalized spacial score (nSPS) is 19.8. The molecule has 17 heavy (non-hydrogen) atoms. The summed E-state index contributed by atoms with van der Waals surface area (Å²) in [4.78, 5) is 14.9. The van der Waals surface area contributed by atoms with Gasteiger partial charge in [-0.15, -0.1) is 11.8 Å². The summed E-state index contributed by atoms with van der Waals surface area (Å²) in [5.74, 6) is 0.619. The topological polar surface area (TPSA) is 52.6 Å². The van der Waals surface area contributed by atoms with E-state index >= 15 is 0 Å². The summed E-state index contributed by atoms with van der Waals surface area (Å²) in [6.45, 7) is 1.62. The zero-order chi connectivity index (χ0) is 12.4. The fraction of sp³-hybridized carbons (Fsp3) is 0.364. The molecule has 1 heterocycles. The SMILES string of the molecule is CB(O)N[C@H]1CSc2ccccc2N(C)C1=O. The molecule has 0 unspecified atom stereocenters. The molecule has 1 aliphatic rings. The number of carbonyl (C=O) groups is 1. The lowest BCUT2D eigenvalue weighted by molar-refractivity contribution is -0.119. The van der Waals surface area contributed by atoms with E-state index in [9.17, 15) is 9.82 Å². The molecule has 0 saturated carbocycles. The molecular weight excluding hydrogens is 235 g/mol. The first-order chi connectivity index (χ1) is 8.09. The Hall–Kier alpha value is -0.975. The van der Waals surface area contributed by atoms with E-state index in [1.807, 2.05) is 24.3 Å². The number of benzene rings is 1. The molecule has 0 aromatic heterocycles. The maximum atomic E-state index is 12.2. The number of amides is 1. The van der Waals surface area contributed by atoms with Gasteiger partial charge in [0.2, 0.25) is 5.91 Å². The van der Waals surface area contributed by atoms with Crippen molar-refractivity contribution in [3.8, 4) is 0 Å². The first-order valence-electron chi connectivity index (χ1n) is 5.53. The molecule has 1 atom stereocenters. The number of para-hydroxylation sites is 1. The fourth-order valence-electron chi connectivity index (χ4n) is 1.86. The Bertz CT molecular complexity index is 428. The van der Waals surface area contributed by atoms with Crippen molar-refractivity contribution in [2.45, 2.75) is 17.8 Å². The van der Waals surface area contributed by atoms with Crippen LogP contribution < -0.4 is 10.1 Å². The Morgan fingerprint density at radius 1 is 1.53 bits per heavy atom. The van der Waals surface area contributed by atoms with Crippen LogP contribution in [0.2, 0.25) is 6.82 Å². The van der Waals surface area contributed by atoms with E-state index in [-0.39, 0.29) is 11.9 Å². The van der Waals surface area contributed by atoms with Crippen molar-refractivity contribution in [3.05, 3.63) is 24.3 Å². The summed E-state index contributed by atoms with van der Waals surface area (Å²) >= 11 is 1.63. The molecule has 4 nitrogen and oxygen atoms in total. The summed E-state index contributed by atoms with van der Waals surface area (Å²) in [6, 6.07) is 7.48. The van der Waals surface area contributed by atoms with E-state index in [1.165, 1.54) is 0 Å². The van der Waals surface area contributed by atoms with Gasteiger partial charge in [-0.25, -0.2) is 0 Å². The lowest BCUT2D eigenvalue weighted by Crippen LogP contribution is -2.50. The standard InChI is InChI=1S/C11H15BN2O2S/c1-12(16)13-8-7-17-10-6-4-3-5-9(10)14(2)11(8)15/h3-6,8,13,16H,7H2,1-2H3/t8-/m0/s1. The molecule has 1 aliphatic heterocycles. The Balaban J connectivity index is 2.26. The quantitative estimate of drug-likeness (QED) is 0.763. The van der Waals surface area contributed by atoms with Crippen LogP contribution in [0.15, 0.2) is 29.2 Å². The zero-order valence-corrected chi connectivity index (χ0v) is 10.7. The number of rotatable bonds is 2. The summed E-state index contributed by atoms with van der Waals surface area (Å²) in [5.41, 5.74) is 0.928. The Kier molecular flexibility index (Phi) is 3.76. The van der Waals surface area contributed by atoms with Crippen molar-refractivity contribution in [2.75, 3.05) is 17.7 Å². The molecular formula is C11H15BN2O2S. The van der Waals surface area contributed by atoms with E-state index < -0.39 is 7.05 Å². The predicted molar refractivity (Wildman–Crippen MR) is 71.3 cm³/mol. The van der Waals surface area contributed by atoms with Gasteiger partial charge in [-0.05, 0) is 19.0 Å². The number of nitrogens with one attached hydrogen (secondary N) is 1. The smallest absolute Gasteiger partial charge is 0.374 e. The molecule has 0 fully saturated rings. The van der Waals surface area contributed by atoms with Crippen molar-refractivity contribution in [1.29, 1.82) is 0 Å². The minimum atomic E-state index is -0.681. The maximum absolute atomic E-state index is 12.2. The average Bonchev–Trinajstić information content (AvgIpc) is 2.42. The molecule has 1 aromatic carbocycles. The molecule has 0 radical (unpaired) electrons. The van der Waals surface area contributed by atoms with Gasteiger partial charge in [0.25, 0.3) is 0 Å². The summed E-state index contributed by atoms with van der Waals surface area (Å²) in [7, 11) is 1.09. The molecule has 1 amide bonds. The van der Waals surface area contributed by atoms with Gasteiger partial charge in [0.15, 0.2) is 0 Å². The Labute approximate surface area is 106 Å². The third-order valence-corrected chi connectivity index (χ3v) is 3.86. The molecule has 2 rings (SSSR count). The molecule has 90 valence electrons. The minimum absolute atomic E-state index is 0.0108. The highest BCUT2D eigenvalue weighted by Gasteiger charge is 2.29. The Morgan fingerprint density at radius 3 is 2.94 bits per heavy atom. The van der Waals surface area contributed by atoms with Crippen LogP contribution in [0.4, 0.5) is 5.69 Å². The first kappa shape index (κ1) is 12.5. The van der Waals surface area contributed by atoms with E-state index in [0.29, 0.717) is 5.75 Å². The highest BCUT2D eigenvalue weighted by molar-refractivity contribution is 7.99. The second-order valence-corrected chi connectivity index (χ2v) is 5.13. The largest absolute Gasteiger partial charge is 0.437 e. The van der Waals surface area contributed by atoms with E-state index in [2.05, 4.69) is 5.23 Å². The molecule has 2 N–H and O–H groups in total. The van der Waals surface area contributed by atoms with Crippen molar-refractivity contribution in [1.82, 2.24) is 5.23 Å².